The van der Waals surface area contributed by atoms with Gasteiger partial charge < -0.3 is 9.88 Å². The van der Waals surface area contributed by atoms with E-state index in [0.29, 0.717) is 0 Å². The molecule has 0 radical (unpaired) electrons. The molecule has 0 amide bonds. The predicted octanol–water partition coefficient (Wildman–Crippen LogP) is 1.59. The lowest BCUT2D eigenvalue weighted by molar-refractivity contribution is 0.101. The highest BCUT2D eigenvalue weighted by Gasteiger charge is 2.22. The molecular weight excluding hydrogens is 176 g/mol. The molecule has 74 valence electrons. The van der Waals surface area contributed by atoms with E-state index in [1.54, 1.807) is 0 Å². The van der Waals surface area contributed by atoms with Crippen molar-refractivity contribution in [3.63, 3.8) is 0 Å². The molecule has 0 saturated heterocycles. The molecule has 3 nitrogen and oxygen atoms in total. The van der Waals surface area contributed by atoms with E-state index in [1.807, 2.05) is 37.5 Å². The van der Waals surface area contributed by atoms with E-state index < -0.39 is 0 Å². The molecule has 1 aromatic rings. The summed E-state index contributed by atoms with van der Waals surface area (Å²) in [6.07, 6.45) is 5.55. The molecule has 2 rings (SSSR count). The standard InChI is InChI=1S/C11H14N2O/c1-13(2)7-9-4-3-8-5-6-12-10(8)11(9)14/h5-7,12H,3-4H2,1-2H3. The highest BCUT2D eigenvalue weighted by Crippen LogP contribution is 2.23. The summed E-state index contributed by atoms with van der Waals surface area (Å²) in [7, 11) is 3.87. The number of hydrogen-bond donors (Lipinski definition) is 1. The number of hydrogen-bond acceptors (Lipinski definition) is 2. The lowest BCUT2D eigenvalue weighted by Gasteiger charge is -2.15. The van der Waals surface area contributed by atoms with Crippen molar-refractivity contribution in [1.29, 1.82) is 0 Å². The number of aromatic amines is 1. The Hall–Kier alpha value is -1.51. The number of carbonyl (C=O) groups is 1. The molecule has 1 N–H and O–H groups in total. The van der Waals surface area contributed by atoms with Gasteiger partial charge in [-0.25, -0.2) is 0 Å². The molecule has 0 aliphatic heterocycles. The predicted molar refractivity (Wildman–Crippen MR) is 55.2 cm³/mol. The van der Waals surface area contributed by atoms with E-state index in [-0.39, 0.29) is 5.78 Å². The first-order valence-electron chi connectivity index (χ1n) is 4.76. The largest absolute Gasteiger partial charge is 0.383 e. The Kier molecular flexibility index (Phi) is 2.15. The van der Waals surface area contributed by atoms with E-state index in [4.69, 9.17) is 0 Å². The third-order valence-corrected chi connectivity index (χ3v) is 2.43. The van der Waals surface area contributed by atoms with Gasteiger partial charge in [0.1, 0.15) is 0 Å². The number of rotatable bonds is 1. The van der Waals surface area contributed by atoms with Gasteiger partial charge in [0.2, 0.25) is 5.78 Å². The van der Waals surface area contributed by atoms with Crippen LogP contribution in [0.4, 0.5) is 0 Å². The number of fused-ring (bicyclic) bond motifs is 1. The summed E-state index contributed by atoms with van der Waals surface area (Å²) in [5.74, 6) is 0.143. The van der Waals surface area contributed by atoms with Crippen molar-refractivity contribution in [2.24, 2.45) is 0 Å². The summed E-state index contributed by atoms with van der Waals surface area (Å²) < 4.78 is 0. The van der Waals surface area contributed by atoms with E-state index in [9.17, 15) is 4.79 Å². The van der Waals surface area contributed by atoms with Crippen LogP contribution in [0.1, 0.15) is 22.5 Å². The molecule has 1 aromatic heterocycles. The Morgan fingerprint density at radius 2 is 2.21 bits per heavy atom. The van der Waals surface area contributed by atoms with Crippen molar-refractivity contribution >= 4 is 5.78 Å². The highest BCUT2D eigenvalue weighted by atomic mass is 16.1. The lowest BCUT2D eigenvalue weighted by atomic mass is 9.92. The lowest BCUT2D eigenvalue weighted by Crippen LogP contribution is -2.16. The van der Waals surface area contributed by atoms with Crippen molar-refractivity contribution in [3.05, 3.63) is 35.3 Å². The quantitative estimate of drug-likeness (QED) is 0.683. The molecular formula is C11H14N2O. The van der Waals surface area contributed by atoms with Crippen molar-refractivity contribution in [2.45, 2.75) is 12.8 Å². The first-order valence-corrected chi connectivity index (χ1v) is 4.76. The second kappa shape index (κ2) is 3.33. The second-order valence-corrected chi connectivity index (χ2v) is 3.82. The number of aromatic nitrogens is 1. The van der Waals surface area contributed by atoms with Crippen LogP contribution in [0.3, 0.4) is 0 Å². The maximum absolute atomic E-state index is 11.9. The SMILES string of the molecule is CN(C)C=C1CCc2cc[nH]c2C1=O. The number of nitrogens with zero attached hydrogens (tertiary/aromatic N) is 1. The molecule has 0 bridgehead atoms. The number of H-pyrrole nitrogens is 1. The fourth-order valence-corrected chi connectivity index (χ4v) is 1.80. The number of aryl methyl sites for hydroxylation is 1. The topological polar surface area (TPSA) is 36.1 Å². The maximum atomic E-state index is 11.9. The van der Waals surface area contributed by atoms with Crippen LogP contribution in [0, 0.1) is 0 Å². The monoisotopic (exact) mass is 190 g/mol. The first kappa shape index (κ1) is 9.06. The van der Waals surface area contributed by atoms with Crippen molar-refractivity contribution in [3.8, 4) is 0 Å². The van der Waals surface area contributed by atoms with Crippen molar-refractivity contribution in [1.82, 2.24) is 9.88 Å². The molecule has 0 aromatic carbocycles. The molecule has 0 fully saturated rings. The minimum atomic E-state index is 0.143. The van der Waals surface area contributed by atoms with Gasteiger partial charge in [0.15, 0.2) is 0 Å². The third kappa shape index (κ3) is 1.45. The fourth-order valence-electron chi connectivity index (χ4n) is 1.80. The Bertz CT molecular complexity index is 388. The Morgan fingerprint density at radius 1 is 1.43 bits per heavy atom. The molecule has 14 heavy (non-hydrogen) atoms. The third-order valence-electron chi connectivity index (χ3n) is 2.43. The van der Waals surface area contributed by atoms with E-state index in [0.717, 1.165) is 29.7 Å². The molecule has 0 atom stereocenters. The van der Waals surface area contributed by atoms with E-state index >= 15 is 0 Å². The molecule has 0 spiro atoms. The Labute approximate surface area is 83.4 Å². The number of carbonyl (C=O) groups excluding carboxylic acids is 1. The summed E-state index contributed by atoms with van der Waals surface area (Å²) in [4.78, 5) is 16.8. The molecule has 0 unspecified atom stereocenters. The van der Waals surface area contributed by atoms with Crippen LogP contribution in [-0.4, -0.2) is 29.8 Å². The first-order chi connectivity index (χ1) is 6.68. The summed E-state index contributed by atoms with van der Waals surface area (Å²) in [6.45, 7) is 0. The summed E-state index contributed by atoms with van der Waals surface area (Å²) in [5, 5.41) is 0. The van der Waals surface area contributed by atoms with Crippen LogP contribution >= 0.6 is 0 Å². The molecule has 1 aliphatic rings. The van der Waals surface area contributed by atoms with Crippen molar-refractivity contribution in [2.75, 3.05) is 14.1 Å². The van der Waals surface area contributed by atoms with Gasteiger partial charge in [0.25, 0.3) is 0 Å². The zero-order valence-electron chi connectivity index (χ0n) is 8.50. The number of Topliss-reactive ketones (excluding diaryl/α,β-unsaturated/α-hetero) is 1. The molecule has 1 heterocycles. The minimum absolute atomic E-state index is 0.143. The molecule has 3 heteroatoms. The average molecular weight is 190 g/mol. The zero-order valence-corrected chi connectivity index (χ0v) is 8.50. The van der Waals surface area contributed by atoms with Gasteiger partial charge in [-0.3, -0.25) is 4.79 Å². The van der Waals surface area contributed by atoms with Gasteiger partial charge in [-0.05, 0) is 24.5 Å². The normalized spacial score (nSPS) is 18.4. The van der Waals surface area contributed by atoms with Gasteiger partial charge in [-0.2, -0.15) is 0 Å². The Balaban J connectivity index is 2.34. The van der Waals surface area contributed by atoms with Gasteiger partial charge in [-0.15, -0.1) is 0 Å². The summed E-state index contributed by atoms with van der Waals surface area (Å²) in [6, 6.07) is 1.99. The number of nitrogens with one attached hydrogen (secondary N) is 1. The minimum Gasteiger partial charge on any atom is -0.383 e. The molecule has 1 aliphatic carbocycles. The highest BCUT2D eigenvalue weighted by molar-refractivity contribution is 6.09. The van der Waals surface area contributed by atoms with Crippen LogP contribution in [0.5, 0.6) is 0 Å². The van der Waals surface area contributed by atoms with Crippen LogP contribution in [0.15, 0.2) is 24.0 Å². The van der Waals surface area contributed by atoms with Gasteiger partial charge in [0.05, 0.1) is 5.69 Å². The van der Waals surface area contributed by atoms with Gasteiger partial charge in [0, 0.05) is 32.1 Å². The van der Waals surface area contributed by atoms with E-state index in [1.165, 1.54) is 0 Å². The number of allylic oxidation sites excluding steroid dienone is 1. The zero-order chi connectivity index (χ0) is 10.1. The van der Waals surface area contributed by atoms with Gasteiger partial charge >= 0.3 is 0 Å². The summed E-state index contributed by atoms with van der Waals surface area (Å²) >= 11 is 0. The molecule has 0 saturated carbocycles. The van der Waals surface area contributed by atoms with Crippen LogP contribution in [0.2, 0.25) is 0 Å². The smallest absolute Gasteiger partial charge is 0.206 e. The van der Waals surface area contributed by atoms with Crippen molar-refractivity contribution < 1.29 is 4.79 Å². The van der Waals surface area contributed by atoms with E-state index in [2.05, 4.69) is 4.98 Å². The average Bonchev–Trinajstić information content (AvgIpc) is 2.57. The van der Waals surface area contributed by atoms with Gasteiger partial charge in [-0.1, -0.05) is 0 Å². The maximum Gasteiger partial charge on any atom is 0.206 e. The number of ketones is 1. The van der Waals surface area contributed by atoms with Crippen LogP contribution in [0.25, 0.3) is 0 Å². The van der Waals surface area contributed by atoms with Crippen LogP contribution < -0.4 is 0 Å². The fraction of sp³-hybridized carbons (Fsp3) is 0.364. The van der Waals surface area contributed by atoms with Crippen LogP contribution in [-0.2, 0) is 6.42 Å². The second-order valence-electron chi connectivity index (χ2n) is 3.82. The summed E-state index contributed by atoms with van der Waals surface area (Å²) in [5.41, 5.74) is 2.81. The Morgan fingerprint density at radius 3 is 2.93 bits per heavy atom.